The minimum absolute atomic E-state index is 0.649. The number of rotatable bonds is 4. The van der Waals surface area contributed by atoms with Crippen LogP contribution in [0.2, 0.25) is 0 Å². The standard InChI is InChI=1S/C15H22O/c1-15(16,14-9-3-2-4-10-14)12-11-13-7-5-6-8-13/h2-4,9-10,13,16H,5-8,11-12H2,1H3/t15-/m0/s1. The van der Waals surface area contributed by atoms with Gasteiger partial charge in [0, 0.05) is 0 Å². The van der Waals surface area contributed by atoms with E-state index in [1.807, 2.05) is 37.3 Å². The Morgan fingerprint density at radius 1 is 1.19 bits per heavy atom. The molecule has 1 heteroatoms. The fraction of sp³-hybridized carbons (Fsp3) is 0.600. The Hall–Kier alpha value is -0.820. The molecular weight excluding hydrogens is 196 g/mol. The molecule has 1 atom stereocenters. The van der Waals surface area contributed by atoms with E-state index in [2.05, 4.69) is 0 Å². The molecule has 88 valence electrons. The Bertz CT molecular complexity index is 309. The normalized spacial score (nSPS) is 20.9. The predicted octanol–water partition coefficient (Wildman–Crippen LogP) is 3.86. The highest BCUT2D eigenvalue weighted by Crippen LogP contribution is 2.33. The van der Waals surface area contributed by atoms with Gasteiger partial charge in [-0.05, 0) is 31.2 Å². The zero-order valence-electron chi connectivity index (χ0n) is 10.2. The molecule has 0 aromatic heterocycles. The molecule has 1 aromatic rings. The molecule has 0 unspecified atom stereocenters. The first-order chi connectivity index (χ1) is 7.68. The molecule has 1 aliphatic carbocycles. The minimum Gasteiger partial charge on any atom is -0.385 e. The second-order valence-electron chi connectivity index (χ2n) is 5.33. The molecule has 1 saturated carbocycles. The van der Waals surface area contributed by atoms with Crippen molar-refractivity contribution in [1.82, 2.24) is 0 Å². The van der Waals surface area contributed by atoms with Crippen LogP contribution in [-0.2, 0) is 5.60 Å². The summed E-state index contributed by atoms with van der Waals surface area (Å²) in [6.07, 6.45) is 7.57. The maximum Gasteiger partial charge on any atom is 0.0868 e. The Balaban J connectivity index is 1.92. The van der Waals surface area contributed by atoms with E-state index >= 15 is 0 Å². The van der Waals surface area contributed by atoms with E-state index in [0.29, 0.717) is 0 Å². The van der Waals surface area contributed by atoms with Crippen molar-refractivity contribution in [2.75, 3.05) is 0 Å². The van der Waals surface area contributed by atoms with E-state index in [4.69, 9.17) is 0 Å². The summed E-state index contributed by atoms with van der Waals surface area (Å²) in [5, 5.41) is 10.4. The van der Waals surface area contributed by atoms with E-state index in [9.17, 15) is 5.11 Å². The van der Waals surface area contributed by atoms with Crippen LogP contribution in [0.5, 0.6) is 0 Å². The maximum atomic E-state index is 10.4. The van der Waals surface area contributed by atoms with Gasteiger partial charge in [0.2, 0.25) is 0 Å². The van der Waals surface area contributed by atoms with Crippen molar-refractivity contribution < 1.29 is 5.11 Å². The van der Waals surface area contributed by atoms with Crippen molar-refractivity contribution >= 4 is 0 Å². The summed E-state index contributed by atoms with van der Waals surface area (Å²) in [6.45, 7) is 1.94. The van der Waals surface area contributed by atoms with Crippen molar-refractivity contribution in [1.29, 1.82) is 0 Å². The summed E-state index contributed by atoms with van der Waals surface area (Å²) >= 11 is 0. The SMILES string of the molecule is C[C@](O)(CCC1CCCC1)c1ccccc1. The summed E-state index contributed by atoms with van der Waals surface area (Å²) in [5.41, 5.74) is 0.400. The number of hydrogen-bond acceptors (Lipinski definition) is 1. The molecule has 0 amide bonds. The van der Waals surface area contributed by atoms with Crippen LogP contribution in [0, 0.1) is 5.92 Å². The average Bonchev–Trinajstić information content (AvgIpc) is 2.81. The van der Waals surface area contributed by atoms with E-state index in [0.717, 1.165) is 17.9 Å². The highest BCUT2D eigenvalue weighted by molar-refractivity contribution is 5.21. The monoisotopic (exact) mass is 218 g/mol. The third-order valence-corrected chi connectivity index (χ3v) is 3.91. The molecule has 0 radical (unpaired) electrons. The number of hydrogen-bond donors (Lipinski definition) is 1. The lowest BCUT2D eigenvalue weighted by Crippen LogP contribution is -2.21. The van der Waals surface area contributed by atoms with Gasteiger partial charge < -0.3 is 5.11 Å². The molecule has 0 saturated heterocycles. The second-order valence-corrected chi connectivity index (χ2v) is 5.33. The van der Waals surface area contributed by atoms with Crippen LogP contribution in [0.15, 0.2) is 30.3 Å². The first-order valence-electron chi connectivity index (χ1n) is 6.46. The molecular formula is C15H22O. The maximum absolute atomic E-state index is 10.4. The van der Waals surface area contributed by atoms with Gasteiger partial charge in [0.25, 0.3) is 0 Å². The van der Waals surface area contributed by atoms with Gasteiger partial charge in [-0.25, -0.2) is 0 Å². The van der Waals surface area contributed by atoms with Crippen molar-refractivity contribution in [2.24, 2.45) is 5.92 Å². The summed E-state index contributed by atoms with van der Waals surface area (Å²) in [4.78, 5) is 0. The van der Waals surface area contributed by atoms with Gasteiger partial charge >= 0.3 is 0 Å². The van der Waals surface area contributed by atoms with Crippen molar-refractivity contribution in [3.63, 3.8) is 0 Å². The third kappa shape index (κ3) is 2.85. The van der Waals surface area contributed by atoms with E-state index in [1.54, 1.807) is 0 Å². The molecule has 0 aliphatic heterocycles. The third-order valence-electron chi connectivity index (χ3n) is 3.91. The van der Waals surface area contributed by atoms with Crippen LogP contribution >= 0.6 is 0 Å². The van der Waals surface area contributed by atoms with Crippen LogP contribution in [0.25, 0.3) is 0 Å². The number of aliphatic hydroxyl groups is 1. The molecule has 0 spiro atoms. The van der Waals surface area contributed by atoms with E-state index in [1.165, 1.54) is 32.1 Å². The van der Waals surface area contributed by atoms with Gasteiger partial charge in [-0.2, -0.15) is 0 Å². The Morgan fingerprint density at radius 2 is 1.81 bits per heavy atom. The van der Waals surface area contributed by atoms with Crippen LogP contribution < -0.4 is 0 Å². The summed E-state index contributed by atoms with van der Waals surface area (Å²) in [5.74, 6) is 0.857. The second kappa shape index (κ2) is 5.01. The molecule has 1 N–H and O–H groups in total. The Morgan fingerprint density at radius 3 is 2.44 bits per heavy atom. The Kier molecular flexibility index (Phi) is 3.65. The minimum atomic E-state index is -0.649. The first kappa shape index (κ1) is 11.7. The van der Waals surface area contributed by atoms with Gasteiger partial charge in [-0.15, -0.1) is 0 Å². The summed E-state index contributed by atoms with van der Waals surface area (Å²) < 4.78 is 0. The highest BCUT2D eigenvalue weighted by atomic mass is 16.3. The van der Waals surface area contributed by atoms with Crippen molar-refractivity contribution in [3.05, 3.63) is 35.9 Å². The molecule has 1 fully saturated rings. The highest BCUT2D eigenvalue weighted by Gasteiger charge is 2.25. The summed E-state index contributed by atoms with van der Waals surface area (Å²) in [7, 11) is 0. The molecule has 2 rings (SSSR count). The van der Waals surface area contributed by atoms with Gasteiger partial charge in [0.15, 0.2) is 0 Å². The molecule has 16 heavy (non-hydrogen) atoms. The molecule has 1 aromatic carbocycles. The van der Waals surface area contributed by atoms with Gasteiger partial charge in [0.1, 0.15) is 0 Å². The lowest BCUT2D eigenvalue weighted by molar-refractivity contribution is 0.0409. The first-order valence-corrected chi connectivity index (χ1v) is 6.46. The lowest BCUT2D eigenvalue weighted by atomic mass is 9.87. The fourth-order valence-electron chi connectivity index (χ4n) is 2.73. The molecule has 1 aliphatic rings. The van der Waals surface area contributed by atoms with E-state index in [-0.39, 0.29) is 0 Å². The summed E-state index contributed by atoms with van der Waals surface area (Å²) in [6, 6.07) is 10.0. The van der Waals surface area contributed by atoms with E-state index < -0.39 is 5.60 Å². The molecule has 0 heterocycles. The lowest BCUT2D eigenvalue weighted by Gasteiger charge is -2.25. The fourth-order valence-corrected chi connectivity index (χ4v) is 2.73. The topological polar surface area (TPSA) is 20.2 Å². The van der Waals surface area contributed by atoms with Gasteiger partial charge in [-0.1, -0.05) is 56.0 Å². The smallest absolute Gasteiger partial charge is 0.0868 e. The molecule has 1 nitrogen and oxygen atoms in total. The average molecular weight is 218 g/mol. The Labute approximate surface area is 98.5 Å². The van der Waals surface area contributed by atoms with Crippen LogP contribution in [-0.4, -0.2) is 5.11 Å². The zero-order chi connectivity index (χ0) is 11.4. The zero-order valence-corrected chi connectivity index (χ0v) is 10.2. The van der Waals surface area contributed by atoms with Crippen LogP contribution in [0.4, 0.5) is 0 Å². The van der Waals surface area contributed by atoms with Gasteiger partial charge in [-0.3, -0.25) is 0 Å². The molecule has 0 bridgehead atoms. The predicted molar refractivity (Wildman–Crippen MR) is 67.2 cm³/mol. The van der Waals surface area contributed by atoms with Crippen LogP contribution in [0.1, 0.15) is 51.0 Å². The van der Waals surface area contributed by atoms with Crippen molar-refractivity contribution in [2.45, 2.75) is 51.0 Å². The number of benzene rings is 1. The van der Waals surface area contributed by atoms with Crippen molar-refractivity contribution in [3.8, 4) is 0 Å². The quantitative estimate of drug-likeness (QED) is 0.813. The largest absolute Gasteiger partial charge is 0.385 e. The van der Waals surface area contributed by atoms with Gasteiger partial charge in [0.05, 0.1) is 5.60 Å². The van der Waals surface area contributed by atoms with Crippen LogP contribution in [0.3, 0.4) is 0 Å².